The van der Waals surface area contributed by atoms with E-state index in [0.717, 1.165) is 12.8 Å². The van der Waals surface area contributed by atoms with Crippen LogP contribution in [0.2, 0.25) is 0 Å². The second-order valence-electron chi connectivity index (χ2n) is 6.25. The maximum atomic E-state index is 14.2. The maximum Gasteiger partial charge on any atom is 0.237 e. The van der Waals surface area contributed by atoms with E-state index in [1.165, 1.54) is 18.3 Å². The minimum Gasteiger partial charge on any atom is -0.453 e. The Morgan fingerprint density at radius 1 is 1.32 bits per heavy atom. The fourth-order valence-corrected chi connectivity index (χ4v) is 2.87. The highest BCUT2D eigenvalue weighted by Crippen LogP contribution is 2.24. The Balaban J connectivity index is 0.00000196. The summed E-state index contributed by atoms with van der Waals surface area (Å²) < 4.78 is 24.9. The molecule has 3 rings (SSSR count). The van der Waals surface area contributed by atoms with Crippen LogP contribution < -0.4 is 15.8 Å². The van der Waals surface area contributed by atoms with Crippen LogP contribution in [0.15, 0.2) is 42.7 Å². The number of hydrogen-bond acceptors (Lipinski definition) is 5. The number of ether oxygens (including phenoxy) is 2. The molecule has 1 saturated heterocycles. The van der Waals surface area contributed by atoms with Crippen LogP contribution in [0.25, 0.3) is 0 Å². The van der Waals surface area contributed by atoms with Gasteiger partial charge in [0.2, 0.25) is 5.91 Å². The van der Waals surface area contributed by atoms with Gasteiger partial charge in [0, 0.05) is 26.0 Å². The van der Waals surface area contributed by atoms with Crippen molar-refractivity contribution < 1.29 is 18.7 Å². The number of benzene rings is 1. The largest absolute Gasteiger partial charge is 0.453 e. The number of nitrogens with one attached hydrogen (secondary N) is 1. The van der Waals surface area contributed by atoms with Gasteiger partial charge in [-0.1, -0.05) is 6.07 Å². The van der Waals surface area contributed by atoms with Crippen molar-refractivity contribution in [1.29, 1.82) is 0 Å². The van der Waals surface area contributed by atoms with E-state index in [0.29, 0.717) is 24.5 Å². The highest BCUT2D eigenvalue weighted by Gasteiger charge is 2.26. The Bertz CT molecular complexity index is 746. The molecule has 0 aliphatic carbocycles. The first kappa shape index (κ1) is 24.1. The summed E-state index contributed by atoms with van der Waals surface area (Å²) in [5.74, 6) is -0.0556. The Morgan fingerprint density at radius 2 is 2.07 bits per heavy atom. The lowest BCUT2D eigenvalue weighted by atomic mass is 9.92. The maximum absolute atomic E-state index is 14.2. The second kappa shape index (κ2) is 11.8. The van der Waals surface area contributed by atoms with Crippen LogP contribution in [-0.4, -0.2) is 30.1 Å². The fourth-order valence-electron chi connectivity index (χ4n) is 2.87. The number of halogens is 3. The van der Waals surface area contributed by atoms with Crippen LogP contribution >= 0.6 is 24.8 Å². The van der Waals surface area contributed by atoms with E-state index in [4.69, 9.17) is 15.2 Å². The van der Waals surface area contributed by atoms with Crippen molar-refractivity contribution in [2.45, 2.75) is 25.4 Å². The van der Waals surface area contributed by atoms with E-state index < -0.39 is 11.9 Å². The molecular weight excluding hydrogens is 408 g/mol. The highest BCUT2D eigenvalue weighted by molar-refractivity contribution is 5.85. The molecule has 1 amide bonds. The quantitative estimate of drug-likeness (QED) is 0.732. The van der Waals surface area contributed by atoms with Gasteiger partial charge < -0.3 is 20.5 Å². The van der Waals surface area contributed by atoms with Gasteiger partial charge in [-0.25, -0.2) is 4.39 Å². The molecule has 2 heterocycles. The average molecular weight is 432 g/mol. The first-order chi connectivity index (χ1) is 12.6. The predicted octanol–water partition coefficient (Wildman–Crippen LogP) is 3.23. The van der Waals surface area contributed by atoms with Crippen molar-refractivity contribution in [2.24, 2.45) is 11.7 Å². The lowest BCUT2D eigenvalue weighted by molar-refractivity contribution is -0.124. The van der Waals surface area contributed by atoms with Crippen molar-refractivity contribution in [3.63, 3.8) is 0 Å². The molecule has 2 aromatic rings. The molecule has 1 aliphatic rings. The molecule has 1 atom stereocenters. The molecule has 9 heteroatoms. The van der Waals surface area contributed by atoms with Gasteiger partial charge in [-0.2, -0.15) is 0 Å². The summed E-state index contributed by atoms with van der Waals surface area (Å²) in [6.45, 7) is 1.48. The van der Waals surface area contributed by atoms with Crippen LogP contribution in [0.5, 0.6) is 11.5 Å². The van der Waals surface area contributed by atoms with Gasteiger partial charge in [-0.05, 0) is 48.6 Å². The van der Waals surface area contributed by atoms with Crippen LogP contribution in [0.3, 0.4) is 0 Å². The zero-order valence-electron chi connectivity index (χ0n) is 15.2. The standard InChI is InChI=1S/C19H22FN3O3.2ClH/c20-16-10-13(3-4-17(16)26-15-2-1-7-22-12-15)11-23-19(24)18(21)14-5-8-25-9-6-14;;/h1-4,7,10,12,14,18H,5-6,8-9,11,21H2,(H,23,24);2*1H. The smallest absolute Gasteiger partial charge is 0.237 e. The highest BCUT2D eigenvalue weighted by atomic mass is 35.5. The van der Waals surface area contributed by atoms with Gasteiger partial charge in [0.1, 0.15) is 5.75 Å². The number of hydrogen-bond donors (Lipinski definition) is 2. The summed E-state index contributed by atoms with van der Waals surface area (Å²) in [5, 5.41) is 2.77. The van der Waals surface area contributed by atoms with Crippen LogP contribution in [0.4, 0.5) is 4.39 Å². The van der Waals surface area contributed by atoms with Crippen molar-refractivity contribution >= 4 is 30.7 Å². The van der Waals surface area contributed by atoms with E-state index in [1.54, 1.807) is 24.4 Å². The first-order valence-electron chi connectivity index (χ1n) is 8.61. The lowest BCUT2D eigenvalue weighted by Gasteiger charge is -2.26. The van der Waals surface area contributed by atoms with Crippen molar-refractivity contribution in [3.05, 3.63) is 54.1 Å². The molecular formula is C19H24Cl2FN3O3. The van der Waals surface area contributed by atoms with Crippen LogP contribution in [0.1, 0.15) is 18.4 Å². The van der Waals surface area contributed by atoms with E-state index in [-0.39, 0.29) is 48.9 Å². The normalized spacial score (nSPS) is 14.9. The fraction of sp³-hybridized carbons (Fsp3) is 0.368. The lowest BCUT2D eigenvalue weighted by Crippen LogP contribution is -2.46. The minimum atomic E-state index is -0.572. The minimum absolute atomic E-state index is 0. The number of carbonyl (C=O) groups excluding carboxylic acids is 1. The number of pyridine rings is 1. The van der Waals surface area contributed by atoms with Gasteiger partial charge >= 0.3 is 0 Å². The number of aromatic nitrogens is 1. The summed E-state index contributed by atoms with van der Waals surface area (Å²) in [5.41, 5.74) is 6.66. The summed E-state index contributed by atoms with van der Waals surface area (Å²) in [6.07, 6.45) is 4.68. The molecule has 28 heavy (non-hydrogen) atoms. The average Bonchev–Trinajstić information content (AvgIpc) is 2.69. The monoisotopic (exact) mass is 431 g/mol. The number of rotatable bonds is 6. The zero-order valence-corrected chi connectivity index (χ0v) is 16.8. The van der Waals surface area contributed by atoms with Crippen LogP contribution in [-0.2, 0) is 16.1 Å². The Labute approximate surface area is 175 Å². The molecule has 1 fully saturated rings. The number of amides is 1. The van der Waals surface area contributed by atoms with Crippen molar-refractivity contribution in [3.8, 4) is 11.5 Å². The van der Waals surface area contributed by atoms with Gasteiger partial charge in [-0.3, -0.25) is 9.78 Å². The third kappa shape index (κ3) is 6.60. The van der Waals surface area contributed by atoms with Crippen LogP contribution in [0, 0.1) is 11.7 Å². The summed E-state index contributed by atoms with van der Waals surface area (Å²) in [7, 11) is 0. The van der Waals surface area contributed by atoms with Crippen molar-refractivity contribution in [1.82, 2.24) is 10.3 Å². The van der Waals surface area contributed by atoms with E-state index >= 15 is 0 Å². The van der Waals surface area contributed by atoms with Gasteiger partial charge in [0.05, 0.1) is 12.2 Å². The Kier molecular flexibility index (Phi) is 10.2. The molecule has 1 aromatic carbocycles. The van der Waals surface area contributed by atoms with Gasteiger partial charge in [0.25, 0.3) is 0 Å². The molecule has 0 bridgehead atoms. The molecule has 3 N–H and O–H groups in total. The zero-order chi connectivity index (χ0) is 18.4. The number of carbonyl (C=O) groups is 1. The Morgan fingerprint density at radius 3 is 2.71 bits per heavy atom. The third-order valence-electron chi connectivity index (χ3n) is 4.40. The molecule has 0 saturated carbocycles. The molecule has 154 valence electrons. The SMILES string of the molecule is Cl.Cl.NC(C(=O)NCc1ccc(Oc2cccnc2)c(F)c1)C1CCOCC1. The Hall–Kier alpha value is -1.93. The molecule has 1 unspecified atom stereocenters. The molecule has 0 radical (unpaired) electrons. The summed E-state index contributed by atoms with van der Waals surface area (Å²) in [6, 6.07) is 7.40. The molecule has 6 nitrogen and oxygen atoms in total. The van der Waals surface area contributed by atoms with Gasteiger partial charge in [-0.15, -0.1) is 24.8 Å². The summed E-state index contributed by atoms with van der Waals surface area (Å²) >= 11 is 0. The van der Waals surface area contributed by atoms with E-state index in [9.17, 15) is 9.18 Å². The van der Waals surface area contributed by atoms with E-state index in [2.05, 4.69) is 10.3 Å². The summed E-state index contributed by atoms with van der Waals surface area (Å²) in [4.78, 5) is 16.1. The molecule has 1 aromatic heterocycles. The first-order valence-corrected chi connectivity index (χ1v) is 8.61. The van der Waals surface area contributed by atoms with Gasteiger partial charge in [0.15, 0.2) is 11.6 Å². The number of nitrogens with two attached hydrogens (primary N) is 1. The second-order valence-corrected chi connectivity index (χ2v) is 6.25. The molecule has 1 aliphatic heterocycles. The topological polar surface area (TPSA) is 86.5 Å². The third-order valence-corrected chi connectivity index (χ3v) is 4.40. The molecule has 0 spiro atoms. The number of nitrogens with zero attached hydrogens (tertiary/aromatic N) is 1. The predicted molar refractivity (Wildman–Crippen MR) is 109 cm³/mol. The van der Waals surface area contributed by atoms with E-state index in [1.807, 2.05) is 0 Å². The van der Waals surface area contributed by atoms with Crippen molar-refractivity contribution in [2.75, 3.05) is 13.2 Å².